The van der Waals surface area contributed by atoms with Gasteiger partial charge in [0.2, 0.25) is 11.8 Å². The second kappa shape index (κ2) is 5.97. The van der Waals surface area contributed by atoms with E-state index in [1.54, 1.807) is 24.8 Å². The minimum absolute atomic E-state index is 0.0731. The first kappa shape index (κ1) is 16.3. The van der Waals surface area contributed by atoms with Crippen molar-refractivity contribution in [2.45, 2.75) is 45.3 Å². The predicted octanol–water partition coefficient (Wildman–Crippen LogP) is 3.12. The van der Waals surface area contributed by atoms with Crippen molar-refractivity contribution in [1.29, 1.82) is 0 Å². The minimum Gasteiger partial charge on any atom is -0.340 e. The molecule has 1 heterocycles. The van der Waals surface area contributed by atoms with E-state index in [0.29, 0.717) is 18.0 Å². The van der Waals surface area contributed by atoms with Gasteiger partial charge in [-0.25, -0.2) is 0 Å². The van der Waals surface area contributed by atoms with Crippen LogP contribution in [0.2, 0.25) is 5.02 Å². The summed E-state index contributed by atoms with van der Waals surface area (Å²) in [6.45, 7) is 5.71. The second-order valence-electron chi connectivity index (χ2n) is 5.52. The molecule has 0 saturated carbocycles. The number of amides is 2. The normalized spacial score (nSPS) is 26.0. The molecule has 0 bridgehead atoms. The molecule has 0 radical (unpaired) electrons. The number of carbonyl (C=O) groups is 2. The van der Waals surface area contributed by atoms with Crippen LogP contribution in [0.25, 0.3) is 0 Å². The van der Waals surface area contributed by atoms with Gasteiger partial charge < -0.3 is 10.2 Å². The maximum atomic E-state index is 12.7. The fourth-order valence-electron chi connectivity index (χ4n) is 2.35. The molecule has 2 amide bonds. The van der Waals surface area contributed by atoms with E-state index in [2.05, 4.69) is 21.2 Å². The summed E-state index contributed by atoms with van der Waals surface area (Å²) in [6, 6.07) is 5.02. The molecule has 0 aliphatic carbocycles. The summed E-state index contributed by atoms with van der Waals surface area (Å²) in [5.74, 6) is -0.205. The van der Waals surface area contributed by atoms with Gasteiger partial charge in [-0.3, -0.25) is 9.59 Å². The summed E-state index contributed by atoms with van der Waals surface area (Å²) in [5, 5.41) is 3.39. The number of hydrogen-bond donors (Lipinski definition) is 1. The highest BCUT2D eigenvalue weighted by atomic mass is 79.9. The summed E-state index contributed by atoms with van der Waals surface area (Å²) in [4.78, 5) is 26.4. The lowest BCUT2D eigenvalue weighted by atomic mass is 9.92. The Bertz CT molecular complexity index is 593. The Morgan fingerprint density at radius 1 is 1.43 bits per heavy atom. The predicted molar refractivity (Wildman–Crippen MR) is 86.0 cm³/mol. The lowest BCUT2D eigenvalue weighted by Gasteiger charge is -2.43. The van der Waals surface area contributed by atoms with Crippen LogP contribution in [-0.4, -0.2) is 28.3 Å². The second-order valence-corrected chi connectivity index (χ2v) is 6.84. The number of hydrogen-bond acceptors (Lipinski definition) is 2. The smallest absolute Gasteiger partial charge is 0.249 e. The van der Waals surface area contributed by atoms with Gasteiger partial charge in [0.05, 0.1) is 0 Å². The van der Waals surface area contributed by atoms with Crippen LogP contribution in [0.1, 0.15) is 32.8 Å². The molecule has 6 heteroatoms. The molecule has 1 aliphatic rings. The van der Waals surface area contributed by atoms with E-state index in [0.717, 1.165) is 10.0 Å². The standard InChI is InChI=1S/C15H18BrClN2O2/c1-4-15(3)14(21)19(9(2)13(20)18-15)8-10-5-6-11(16)7-12(10)17/h5-7,9H,4,8H2,1-3H3,(H,18,20). The van der Waals surface area contributed by atoms with Gasteiger partial charge >= 0.3 is 0 Å². The maximum absolute atomic E-state index is 12.7. The summed E-state index contributed by atoms with van der Waals surface area (Å²) >= 11 is 9.57. The molecule has 1 N–H and O–H groups in total. The molecule has 0 spiro atoms. The molecule has 2 atom stereocenters. The Kier molecular flexibility index (Phi) is 4.63. The van der Waals surface area contributed by atoms with E-state index in [4.69, 9.17) is 11.6 Å². The van der Waals surface area contributed by atoms with Crippen LogP contribution >= 0.6 is 27.5 Å². The molecule has 1 aromatic rings. The summed E-state index contributed by atoms with van der Waals surface area (Å²) in [7, 11) is 0. The van der Waals surface area contributed by atoms with E-state index in [1.807, 2.05) is 19.1 Å². The molecular weight excluding hydrogens is 356 g/mol. The monoisotopic (exact) mass is 372 g/mol. The van der Waals surface area contributed by atoms with Crippen molar-refractivity contribution in [3.63, 3.8) is 0 Å². The molecule has 2 unspecified atom stereocenters. The SMILES string of the molecule is CCC1(C)NC(=O)C(C)N(Cc2ccc(Br)cc2Cl)C1=O. The third kappa shape index (κ3) is 3.09. The minimum atomic E-state index is -0.842. The quantitative estimate of drug-likeness (QED) is 0.885. The Morgan fingerprint density at radius 2 is 2.10 bits per heavy atom. The molecule has 114 valence electrons. The maximum Gasteiger partial charge on any atom is 0.249 e. The average molecular weight is 374 g/mol. The first-order valence-electron chi connectivity index (χ1n) is 6.85. The molecule has 1 fully saturated rings. The van der Waals surface area contributed by atoms with Gasteiger partial charge in [-0.2, -0.15) is 0 Å². The van der Waals surface area contributed by atoms with E-state index >= 15 is 0 Å². The highest BCUT2D eigenvalue weighted by Gasteiger charge is 2.45. The van der Waals surface area contributed by atoms with E-state index in [-0.39, 0.29) is 11.8 Å². The molecule has 0 aromatic heterocycles. The van der Waals surface area contributed by atoms with Gasteiger partial charge in [-0.1, -0.05) is 40.5 Å². The number of benzene rings is 1. The summed E-state index contributed by atoms with van der Waals surface area (Å²) < 4.78 is 0.880. The topological polar surface area (TPSA) is 49.4 Å². The van der Waals surface area contributed by atoms with Crippen LogP contribution in [0.4, 0.5) is 0 Å². The molecule has 2 rings (SSSR count). The third-order valence-electron chi connectivity index (χ3n) is 4.04. The van der Waals surface area contributed by atoms with E-state index < -0.39 is 11.6 Å². The zero-order valence-electron chi connectivity index (χ0n) is 12.2. The lowest BCUT2D eigenvalue weighted by Crippen LogP contribution is -2.68. The molecule has 1 saturated heterocycles. The number of nitrogens with one attached hydrogen (secondary N) is 1. The fraction of sp³-hybridized carbons (Fsp3) is 0.467. The number of halogens is 2. The largest absolute Gasteiger partial charge is 0.340 e. The highest BCUT2D eigenvalue weighted by Crippen LogP contribution is 2.27. The van der Waals surface area contributed by atoms with Gasteiger partial charge in [0.1, 0.15) is 11.6 Å². The van der Waals surface area contributed by atoms with Crippen LogP contribution < -0.4 is 5.32 Å². The zero-order chi connectivity index (χ0) is 15.8. The Labute approximate surface area is 138 Å². The zero-order valence-corrected chi connectivity index (χ0v) is 14.6. The first-order chi connectivity index (χ1) is 9.78. The molecule has 4 nitrogen and oxygen atoms in total. The van der Waals surface area contributed by atoms with E-state index in [9.17, 15) is 9.59 Å². The Morgan fingerprint density at radius 3 is 2.67 bits per heavy atom. The summed E-state index contributed by atoms with van der Waals surface area (Å²) in [5.41, 5.74) is -0.0148. The van der Waals surface area contributed by atoms with Crippen LogP contribution in [0.5, 0.6) is 0 Å². The van der Waals surface area contributed by atoms with Crippen molar-refractivity contribution in [1.82, 2.24) is 10.2 Å². The molecule has 1 aliphatic heterocycles. The van der Waals surface area contributed by atoms with Crippen molar-refractivity contribution >= 4 is 39.3 Å². The van der Waals surface area contributed by atoms with Gasteiger partial charge in [0.25, 0.3) is 0 Å². The number of rotatable bonds is 3. The van der Waals surface area contributed by atoms with Gasteiger partial charge in [0.15, 0.2) is 0 Å². The number of carbonyl (C=O) groups excluding carboxylic acids is 2. The van der Waals surface area contributed by atoms with Gasteiger partial charge in [-0.15, -0.1) is 0 Å². The molecular formula is C15H18BrClN2O2. The molecule has 21 heavy (non-hydrogen) atoms. The van der Waals surface area contributed by atoms with Crippen molar-refractivity contribution < 1.29 is 9.59 Å². The lowest BCUT2D eigenvalue weighted by molar-refractivity contribution is -0.154. The van der Waals surface area contributed by atoms with E-state index in [1.165, 1.54) is 0 Å². The van der Waals surface area contributed by atoms with Crippen LogP contribution in [0, 0.1) is 0 Å². The number of piperazine rings is 1. The van der Waals surface area contributed by atoms with Crippen molar-refractivity contribution in [2.24, 2.45) is 0 Å². The fourth-order valence-corrected chi connectivity index (χ4v) is 3.08. The van der Waals surface area contributed by atoms with Crippen molar-refractivity contribution in [2.75, 3.05) is 0 Å². The van der Waals surface area contributed by atoms with Gasteiger partial charge in [0, 0.05) is 16.0 Å². The first-order valence-corrected chi connectivity index (χ1v) is 8.02. The number of nitrogens with zero attached hydrogens (tertiary/aromatic N) is 1. The molecule has 1 aromatic carbocycles. The van der Waals surface area contributed by atoms with Crippen LogP contribution in [0.3, 0.4) is 0 Å². The van der Waals surface area contributed by atoms with Crippen LogP contribution in [0.15, 0.2) is 22.7 Å². The summed E-state index contributed by atoms with van der Waals surface area (Å²) in [6.07, 6.45) is 0.550. The Hall–Kier alpha value is -1.07. The highest BCUT2D eigenvalue weighted by molar-refractivity contribution is 9.10. The van der Waals surface area contributed by atoms with Gasteiger partial charge in [-0.05, 0) is 38.0 Å². The van der Waals surface area contributed by atoms with Crippen molar-refractivity contribution in [3.8, 4) is 0 Å². The Balaban J connectivity index is 2.31. The van der Waals surface area contributed by atoms with Crippen LogP contribution in [-0.2, 0) is 16.1 Å². The van der Waals surface area contributed by atoms with Crippen molar-refractivity contribution in [3.05, 3.63) is 33.3 Å². The average Bonchev–Trinajstić information content (AvgIpc) is 2.43. The third-order valence-corrected chi connectivity index (χ3v) is 4.89.